The summed E-state index contributed by atoms with van der Waals surface area (Å²) in [6.45, 7) is 20.4. The Kier molecular flexibility index (Phi) is 7.49. The molecule has 2 aliphatic rings. The van der Waals surface area contributed by atoms with E-state index < -0.39 is 13.6 Å². The predicted octanol–water partition coefficient (Wildman–Crippen LogP) is 6.25. The van der Waals surface area contributed by atoms with Gasteiger partial charge in [0, 0.05) is 39.8 Å². The summed E-state index contributed by atoms with van der Waals surface area (Å²) in [5.41, 5.74) is 2.59. The van der Waals surface area contributed by atoms with Crippen LogP contribution in [0.3, 0.4) is 0 Å². The van der Waals surface area contributed by atoms with Gasteiger partial charge in [-0.05, 0) is 36.9 Å². The van der Waals surface area contributed by atoms with Gasteiger partial charge >= 0.3 is 0 Å². The Bertz CT molecular complexity index is 1320. The van der Waals surface area contributed by atoms with Gasteiger partial charge in [0.1, 0.15) is 49.6 Å². The summed E-state index contributed by atoms with van der Waals surface area (Å²) < 4.78 is 20.7. The number of hydrogen-bond donors (Lipinski definition) is 1. The molecule has 0 amide bonds. The molecule has 2 atom stereocenters. The molecule has 0 spiro atoms. The number of nitrogens with one attached hydrogen (secondary N) is 1. The van der Waals surface area contributed by atoms with E-state index in [0.29, 0.717) is 25.9 Å². The largest absolute Gasteiger partial charge is 0.490 e. The Labute approximate surface area is 226 Å². The lowest BCUT2D eigenvalue weighted by molar-refractivity contribution is -0.0142. The molecular formula is C29H39N5O3Si. The van der Waals surface area contributed by atoms with Gasteiger partial charge in [0.25, 0.3) is 0 Å². The van der Waals surface area contributed by atoms with Crippen molar-refractivity contribution in [3.8, 4) is 5.75 Å². The van der Waals surface area contributed by atoms with Crippen LogP contribution in [-0.2, 0) is 16.2 Å². The number of nitrogens with zero attached hydrogens (tertiary/aromatic N) is 4. The highest BCUT2D eigenvalue weighted by atomic mass is 28.3. The number of ether oxygens (including phenoxy) is 3. The van der Waals surface area contributed by atoms with Gasteiger partial charge in [0.05, 0.1) is 11.4 Å². The van der Waals surface area contributed by atoms with Crippen LogP contribution in [0.5, 0.6) is 5.75 Å². The van der Waals surface area contributed by atoms with Crippen molar-refractivity contribution < 1.29 is 14.2 Å². The lowest BCUT2D eigenvalue weighted by Crippen LogP contribution is -2.40. The number of anilines is 1. The van der Waals surface area contributed by atoms with E-state index in [2.05, 4.69) is 56.5 Å². The quantitative estimate of drug-likeness (QED) is 0.178. The highest BCUT2D eigenvalue weighted by molar-refractivity contribution is 6.76. The fourth-order valence-corrected chi connectivity index (χ4v) is 5.48. The van der Waals surface area contributed by atoms with Crippen molar-refractivity contribution >= 4 is 24.9 Å². The van der Waals surface area contributed by atoms with Crippen LogP contribution in [0.1, 0.15) is 49.9 Å². The summed E-state index contributed by atoms with van der Waals surface area (Å²) in [6, 6.07) is 11.2. The molecule has 3 heterocycles. The fourth-order valence-electron chi connectivity index (χ4n) is 4.73. The second kappa shape index (κ2) is 10.7. The maximum Gasteiger partial charge on any atom is 0.250 e. The van der Waals surface area contributed by atoms with Gasteiger partial charge in [0.15, 0.2) is 0 Å². The molecule has 8 nitrogen and oxygen atoms in total. The minimum absolute atomic E-state index is 0.180. The fraction of sp³-hybridized carbons (Fsp3) is 0.552. The lowest BCUT2D eigenvalue weighted by Gasteiger charge is -2.34. The SMILES string of the molecule is [C-]#[N+]C(C)(C)CO[C@H]1COc2ccccc2[C@@H]1Nc1ncnc2c1cc(C1CC1)n2COCC[Si](C)(C)C. The number of para-hydroxylation sites is 1. The van der Waals surface area contributed by atoms with Crippen LogP contribution < -0.4 is 10.1 Å². The number of fused-ring (bicyclic) bond motifs is 2. The molecule has 1 aliphatic carbocycles. The molecule has 3 aromatic rings. The van der Waals surface area contributed by atoms with Gasteiger partial charge < -0.3 is 28.9 Å². The zero-order chi connectivity index (χ0) is 26.9. The van der Waals surface area contributed by atoms with E-state index in [4.69, 9.17) is 20.8 Å². The zero-order valence-corrected chi connectivity index (χ0v) is 24.2. The van der Waals surface area contributed by atoms with Gasteiger partial charge in [-0.3, -0.25) is 0 Å². The summed E-state index contributed by atoms with van der Waals surface area (Å²) in [7, 11) is -1.16. The maximum atomic E-state index is 7.48. The topological polar surface area (TPSA) is 74.8 Å². The minimum atomic E-state index is -1.16. The van der Waals surface area contributed by atoms with Crippen LogP contribution in [0.4, 0.5) is 5.82 Å². The van der Waals surface area contributed by atoms with Gasteiger partial charge in [-0.25, -0.2) is 16.5 Å². The van der Waals surface area contributed by atoms with Gasteiger partial charge in [-0.15, -0.1) is 0 Å². The normalized spacial score (nSPS) is 19.6. The van der Waals surface area contributed by atoms with Crippen molar-refractivity contribution in [3.05, 3.63) is 59.3 Å². The zero-order valence-electron chi connectivity index (χ0n) is 23.2. The predicted molar refractivity (Wildman–Crippen MR) is 152 cm³/mol. The summed E-state index contributed by atoms with van der Waals surface area (Å²) in [6.07, 6.45) is 3.75. The van der Waals surface area contributed by atoms with E-state index >= 15 is 0 Å². The Balaban J connectivity index is 1.44. The molecule has 0 unspecified atom stereocenters. The van der Waals surface area contributed by atoms with Crippen LogP contribution >= 0.6 is 0 Å². The molecule has 1 aromatic carbocycles. The second-order valence-corrected chi connectivity index (χ2v) is 17.9. The molecule has 0 saturated heterocycles. The molecule has 1 saturated carbocycles. The Morgan fingerprint density at radius 1 is 1.21 bits per heavy atom. The Hall–Kier alpha value is -2.93. The van der Waals surface area contributed by atoms with Crippen molar-refractivity contribution in [3.63, 3.8) is 0 Å². The summed E-state index contributed by atoms with van der Waals surface area (Å²) >= 11 is 0. The molecule has 9 heteroatoms. The van der Waals surface area contributed by atoms with Crippen molar-refractivity contribution in [1.29, 1.82) is 0 Å². The van der Waals surface area contributed by atoms with Gasteiger partial charge in [-0.1, -0.05) is 37.8 Å². The van der Waals surface area contributed by atoms with Crippen molar-refractivity contribution in [2.75, 3.05) is 25.1 Å². The molecule has 202 valence electrons. The lowest BCUT2D eigenvalue weighted by atomic mass is 9.97. The van der Waals surface area contributed by atoms with E-state index in [1.807, 2.05) is 32.0 Å². The van der Waals surface area contributed by atoms with Crippen molar-refractivity contribution in [1.82, 2.24) is 14.5 Å². The monoisotopic (exact) mass is 533 g/mol. The second-order valence-electron chi connectivity index (χ2n) is 12.3. The van der Waals surface area contributed by atoms with E-state index in [9.17, 15) is 0 Å². The number of rotatable bonds is 11. The van der Waals surface area contributed by atoms with E-state index in [1.165, 1.54) is 18.5 Å². The highest BCUT2D eigenvalue weighted by Crippen LogP contribution is 2.43. The standard InChI is InChI=1S/C29H39N5O3Si/c1-29(2,30-3)17-37-25-16-36-24-10-8-7-9-21(24)26(25)33-27-22-15-23(20-11-12-20)34(28(22)32-18-31-27)19-35-13-14-38(4,5)6/h7-10,15,18,20,25-26H,11-14,16-17,19H2,1-2,4-6H3,(H,31,32,33)/t25-,26-/m0/s1. The minimum Gasteiger partial charge on any atom is -0.490 e. The third-order valence-electron chi connectivity index (χ3n) is 7.21. The van der Waals surface area contributed by atoms with Gasteiger partial charge in [-0.2, -0.15) is 0 Å². The first-order valence-electron chi connectivity index (χ1n) is 13.6. The number of benzene rings is 1. The van der Waals surface area contributed by atoms with Crippen LogP contribution in [0.25, 0.3) is 15.9 Å². The van der Waals surface area contributed by atoms with Crippen molar-refractivity contribution in [2.45, 2.75) is 82.7 Å². The van der Waals surface area contributed by atoms with Gasteiger partial charge in [0.2, 0.25) is 5.54 Å². The van der Waals surface area contributed by atoms with E-state index in [1.54, 1.807) is 6.33 Å². The highest BCUT2D eigenvalue weighted by Gasteiger charge is 2.36. The molecular weight excluding hydrogens is 494 g/mol. The summed E-state index contributed by atoms with van der Waals surface area (Å²) in [4.78, 5) is 13.1. The average molecular weight is 534 g/mol. The molecule has 2 aromatic heterocycles. The molecule has 1 aliphatic heterocycles. The van der Waals surface area contributed by atoms with E-state index in [0.717, 1.165) is 40.8 Å². The average Bonchev–Trinajstić information content (AvgIpc) is 3.67. The first kappa shape index (κ1) is 26.7. The Morgan fingerprint density at radius 3 is 2.74 bits per heavy atom. The van der Waals surface area contributed by atoms with Crippen LogP contribution in [0.15, 0.2) is 36.7 Å². The smallest absolute Gasteiger partial charge is 0.250 e. The van der Waals surface area contributed by atoms with Crippen LogP contribution in [-0.4, -0.2) is 54.1 Å². The summed E-state index contributed by atoms with van der Waals surface area (Å²) in [5.74, 6) is 2.16. The molecule has 5 rings (SSSR count). The van der Waals surface area contributed by atoms with Crippen LogP contribution in [0.2, 0.25) is 25.7 Å². The number of hydrogen-bond acceptors (Lipinski definition) is 6. The third kappa shape index (κ3) is 6.03. The molecule has 0 radical (unpaired) electrons. The molecule has 0 bridgehead atoms. The third-order valence-corrected chi connectivity index (χ3v) is 8.91. The molecule has 1 fully saturated rings. The van der Waals surface area contributed by atoms with Crippen LogP contribution in [0, 0.1) is 6.57 Å². The molecule has 1 N–H and O–H groups in total. The maximum absolute atomic E-state index is 7.48. The first-order chi connectivity index (χ1) is 18.1. The Morgan fingerprint density at radius 2 is 2.00 bits per heavy atom. The van der Waals surface area contributed by atoms with E-state index in [-0.39, 0.29) is 12.1 Å². The first-order valence-corrected chi connectivity index (χ1v) is 17.3. The summed E-state index contributed by atoms with van der Waals surface area (Å²) in [5, 5.41) is 4.68. The van der Waals surface area contributed by atoms with Crippen molar-refractivity contribution in [2.24, 2.45) is 0 Å². The number of aromatic nitrogens is 3. The molecule has 38 heavy (non-hydrogen) atoms.